The Morgan fingerprint density at radius 2 is 2.00 bits per heavy atom. The van der Waals surface area contributed by atoms with Crippen LogP contribution in [0.4, 0.5) is 19.1 Å². The van der Waals surface area contributed by atoms with Gasteiger partial charge in [0.05, 0.1) is 16.6 Å². The number of imidazole rings is 1. The summed E-state index contributed by atoms with van der Waals surface area (Å²) in [6, 6.07) is 3.34. The number of aromatic nitrogens is 2. The van der Waals surface area contributed by atoms with Crippen LogP contribution in [0.5, 0.6) is 0 Å². The molecule has 0 atom stereocenters. The third-order valence-electron chi connectivity index (χ3n) is 3.16. The van der Waals surface area contributed by atoms with Gasteiger partial charge in [0.25, 0.3) is 0 Å². The molecule has 1 aromatic carbocycles. The van der Waals surface area contributed by atoms with Gasteiger partial charge in [-0.25, -0.2) is 4.98 Å². The fraction of sp³-hybridized carbons (Fsp3) is 0.385. The number of anilines is 1. The average molecular weight is 300 g/mol. The van der Waals surface area contributed by atoms with E-state index in [0.717, 1.165) is 12.1 Å². The fourth-order valence-corrected chi connectivity index (χ4v) is 2.13. The van der Waals surface area contributed by atoms with E-state index in [1.165, 1.54) is 6.07 Å². The Labute approximate surface area is 118 Å². The molecule has 8 heteroatoms. The van der Waals surface area contributed by atoms with Crippen LogP contribution < -0.4 is 11.5 Å². The van der Waals surface area contributed by atoms with Crippen LogP contribution in [0.2, 0.25) is 0 Å². The number of nitrogen functional groups attached to an aromatic ring is 1. The first-order valence-corrected chi connectivity index (χ1v) is 6.40. The Morgan fingerprint density at radius 3 is 2.62 bits per heavy atom. The summed E-state index contributed by atoms with van der Waals surface area (Å²) in [4.78, 5) is 14.6. The second-order valence-corrected chi connectivity index (χ2v) is 4.75. The minimum atomic E-state index is -4.41. The van der Waals surface area contributed by atoms with Gasteiger partial charge in [-0.3, -0.25) is 4.79 Å². The van der Waals surface area contributed by atoms with Crippen molar-refractivity contribution in [1.29, 1.82) is 0 Å². The monoisotopic (exact) mass is 300 g/mol. The van der Waals surface area contributed by atoms with E-state index < -0.39 is 11.7 Å². The third-order valence-corrected chi connectivity index (χ3v) is 3.16. The number of nitrogens with two attached hydrogens (primary N) is 2. The summed E-state index contributed by atoms with van der Waals surface area (Å²) in [6.45, 7) is 0.473. The first kappa shape index (κ1) is 15.1. The van der Waals surface area contributed by atoms with Crippen LogP contribution >= 0.6 is 0 Å². The second kappa shape index (κ2) is 5.63. The van der Waals surface area contributed by atoms with Crippen molar-refractivity contribution in [2.24, 2.45) is 5.73 Å². The first-order chi connectivity index (χ1) is 9.79. The van der Waals surface area contributed by atoms with E-state index in [4.69, 9.17) is 11.5 Å². The molecule has 0 unspecified atom stereocenters. The fourth-order valence-electron chi connectivity index (χ4n) is 2.13. The number of fused-ring (bicyclic) bond motifs is 1. The summed E-state index contributed by atoms with van der Waals surface area (Å²) in [7, 11) is 0. The Morgan fingerprint density at radius 1 is 1.29 bits per heavy atom. The molecular weight excluding hydrogens is 285 g/mol. The molecule has 21 heavy (non-hydrogen) atoms. The highest BCUT2D eigenvalue weighted by atomic mass is 19.4. The van der Waals surface area contributed by atoms with Crippen molar-refractivity contribution in [1.82, 2.24) is 9.55 Å². The Balaban J connectivity index is 2.21. The summed E-state index contributed by atoms with van der Waals surface area (Å²) >= 11 is 0. The van der Waals surface area contributed by atoms with Gasteiger partial charge in [0.2, 0.25) is 11.9 Å². The average Bonchev–Trinajstić information content (AvgIpc) is 2.68. The summed E-state index contributed by atoms with van der Waals surface area (Å²) in [5.41, 5.74) is 10.8. The lowest BCUT2D eigenvalue weighted by Gasteiger charge is -2.08. The molecule has 114 valence electrons. The highest BCUT2D eigenvalue weighted by molar-refractivity contribution is 5.79. The summed E-state index contributed by atoms with van der Waals surface area (Å²) in [5.74, 6) is -0.225. The van der Waals surface area contributed by atoms with E-state index >= 15 is 0 Å². The van der Waals surface area contributed by atoms with E-state index in [9.17, 15) is 18.0 Å². The minimum Gasteiger partial charge on any atom is -0.370 e. The summed E-state index contributed by atoms with van der Waals surface area (Å²) in [5, 5.41) is 0. The highest BCUT2D eigenvalue weighted by Crippen LogP contribution is 2.31. The molecule has 0 saturated carbocycles. The van der Waals surface area contributed by atoms with Crippen molar-refractivity contribution in [3.63, 3.8) is 0 Å². The van der Waals surface area contributed by atoms with Crippen molar-refractivity contribution in [2.45, 2.75) is 32.0 Å². The third kappa shape index (κ3) is 3.45. The number of unbranched alkanes of at least 4 members (excludes halogenated alkanes) is 1. The molecule has 0 aliphatic rings. The molecule has 0 aliphatic heterocycles. The summed E-state index contributed by atoms with van der Waals surface area (Å²) < 4.78 is 39.5. The lowest BCUT2D eigenvalue weighted by molar-refractivity contribution is -0.137. The molecule has 0 bridgehead atoms. The molecule has 1 amide bonds. The molecule has 2 rings (SSSR count). The number of aryl methyl sites for hydroxylation is 1. The Hall–Kier alpha value is -2.25. The Bertz CT molecular complexity index is 663. The van der Waals surface area contributed by atoms with Crippen LogP contribution in [-0.2, 0) is 17.5 Å². The quantitative estimate of drug-likeness (QED) is 0.831. The molecule has 0 radical (unpaired) electrons. The number of hydrogen-bond acceptors (Lipinski definition) is 3. The molecule has 5 nitrogen and oxygen atoms in total. The largest absolute Gasteiger partial charge is 0.416 e. The molecule has 4 N–H and O–H groups in total. The zero-order valence-electron chi connectivity index (χ0n) is 11.2. The minimum absolute atomic E-state index is 0.156. The van der Waals surface area contributed by atoms with Gasteiger partial charge in [-0.15, -0.1) is 0 Å². The topological polar surface area (TPSA) is 86.9 Å². The maximum absolute atomic E-state index is 12.6. The first-order valence-electron chi connectivity index (χ1n) is 6.40. The zero-order chi connectivity index (χ0) is 15.6. The van der Waals surface area contributed by atoms with Crippen LogP contribution in [0.1, 0.15) is 24.8 Å². The van der Waals surface area contributed by atoms with Crippen LogP contribution in [0.25, 0.3) is 11.0 Å². The normalized spacial score (nSPS) is 12.0. The maximum atomic E-state index is 12.6. The van der Waals surface area contributed by atoms with Gasteiger partial charge in [0, 0.05) is 13.0 Å². The highest BCUT2D eigenvalue weighted by Gasteiger charge is 2.31. The van der Waals surface area contributed by atoms with Gasteiger partial charge in [-0.2, -0.15) is 13.2 Å². The smallest absolute Gasteiger partial charge is 0.370 e. The van der Waals surface area contributed by atoms with Gasteiger partial charge < -0.3 is 16.0 Å². The number of alkyl halides is 3. The number of carbonyl (C=O) groups excluding carboxylic acids is 1. The van der Waals surface area contributed by atoms with E-state index in [-0.39, 0.29) is 23.8 Å². The van der Waals surface area contributed by atoms with E-state index in [2.05, 4.69) is 4.98 Å². The van der Waals surface area contributed by atoms with E-state index in [1.54, 1.807) is 4.57 Å². The lowest BCUT2D eigenvalue weighted by atomic mass is 10.2. The molecule has 0 fully saturated rings. The van der Waals surface area contributed by atoms with E-state index in [0.29, 0.717) is 24.9 Å². The summed E-state index contributed by atoms with van der Waals surface area (Å²) in [6.07, 6.45) is -2.91. The van der Waals surface area contributed by atoms with Crippen molar-refractivity contribution in [3.8, 4) is 0 Å². The Kier molecular flexibility index (Phi) is 4.06. The van der Waals surface area contributed by atoms with Crippen molar-refractivity contribution in [3.05, 3.63) is 23.8 Å². The maximum Gasteiger partial charge on any atom is 0.416 e. The van der Waals surface area contributed by atoms with Gasteiger partial charge in [0.1, 0.15) is 0 Å². The van der Waals surface area contributed by atoms with Crippen LogP contribution in [0, 0.1) is 0 Å². The molecule has 0 saturated heterocycles. The predicted molar refractivity (Wildman–Crippen MR) is 72.2 cm³/mol. The zero-order valence-corrected chi connectivity index (χ0v) is 11.2. The van der Waals surface area contributed by atoms with Gasteiger partial charge in [-0.05, 0) is 31.0 Å². The van der Waals surface area contributed by atoms with Crippen molar-refractivity contribution >= 4 is 22.9 Å². The molecule has 0 aliphatic carbocycles. The number of hydrogen-bond donors (Lipinski definition) is 2. The van der Waals surface area contributed by atoms with Gasteiger partial charge >= 0.3 is 6.18 Å². The van der Waals surface area contributed by atoms with Crippen molar-refractivity contribution in [2.75, 3.05) is 5.73 Å². The van der Waals surface area contributed by atoms with Crippen LogP contribution in [0.3, 0.4) is 0 Å². The lowest BCUT2D eigenvalue weighted by Crippen LogP contribution is -2.10. The number of benzene rings is 1. The number of amides is 1. The SMILES string of the molecule is NC(=O)CCCCn1c(N)nc2cc(C(F)(F)F)ccc21. The van der Waals surface area contributed by atoms with Gasteiger partial charge in [-0.1, -0.05) is 0 Å². The standard InChI is InChI=1S/C13H15F3N4O/c14-13(15,16)8-4-5-10-9(7-8)19-12(18)20(10)6-2-1-3-11(17)21/h4-5,7H,1-3,6H2,(H2,17,21)(H2,18,19). The van der Waals surface area contributed by atoms with Crippen LogP contribution in [0.15, 0.2) is 18.2 Å². The second-order valence-electron chi connectivity index (χ2n) is 4.75. The molecule has 2 aromatic rings. The molecule has 1 heterocycles. The van der Waals surface area contributed by atoms with Crippen molar-refractivity contribution < 1.29 is 18.0 Å². The van der Waals surface area contributed by atoms with Gasteiger partial charge in [0.15, 0.2) is 0 Å². The number of carbonyl (C=O) groups is 1. The molecule has 0 spiro atoms. The molecular formula is C13H15F3N4O. The van der Waals surface area contributed by atoms with E-state index in [1.807, 2.05) is 0 Å². The van der Waals surface area contributed by atoms with Crippen LogP contribution in [-0.4, -0.2) is 15.5 Å². The number of rotatable bonds is 5. The number of halogens is 3. The number of primary amides is 1. The number of nitrogens with zero attached hydrogens (tertiary/aromatic N) is 2. The predicted octanol–water partition coefficient (Wildman–Crippen LogP) is 2.29. The molecule has 1 aromatic heterocycles.